The van der Waals surface area contributed by atoms with Crippen molar-refractivity contribution in [2.24, 2.45) is 5.73 Å². The van der Waals surface area contributed by atoms with E-state index in [1.165, 1.54) is 0 Å². The van der Waals surface area contributed by atoms with Crippen molar-refractivity contribution >= 4 is 27.1 Å². The molecule has 0 saturated carbocycles. The number of nitrogens with two attached hydrogens (primary N) is 1. The first-order chi connectivity index (χ1) is 7.20. The minimum absolute atomic E-state index is 0.247. The number of aromatic nitrogens is 3. The zero-order chi connectivity index (χ0) is 10.8. The summed E-state index contributed by atoms with van der Waals surface area (Å²) in [5.41, 5.74) is 7.38. The van der Waals surface area contributed by atoms with Gasteiger partial charge in [0.2, 0.25) is 0 Å². The molecule has 0 aliphatic rings. The first-order valence-electron chi connectivity index (χ1n) is 4.46. The van der Waals surface area contributed by atoms with Gasteiger partial charge in [-0.2, -0.15) is 0 Å². The highest BCUT2D eigenvalue weighted by atomic mass is 79.9. The summed E-state index contributed by atoms with van der Waals surface area (Å²) in [6, 6.07) is 1.67. The number of hydrogen-bond donors (Lipinski definition) is 2. The van der Waals surface area contributed by atoms with Crippen molar-refractivity contribution in [3.05, 3.63) is 22.6 Å². The minimum atomic E-state index is -0.247. The monoisotopic (exact) mass is 270 g/mol. The highest BCUT2D eigenvalue weighted by Crippen LogP contribution is 2.17. The van der Waals surface area contributed by atoms with Crippen LogP contribution in [-0.4, -0.2) is 28.7 Å². The number of aromatic amines is 1. The number of fused-ring (bicyclic) bond motifs is 1. The molecule has 2 aromatic rings. The maximum atomic E-state index is 5.85. The van der Waals surface area contributed by atoms with Gasteiger partial charge in [-0.05, 0) is 22.0 Å². The van der Waals surface area contributed by atoms with Crippen LogP contribution in [0.2, 0.25) is 0 Å². The normalized spacial score (nSPS) is 13.3. The van der Waals surface area contributed by atoms with Gasteiger partial charge in [0.05, 0.1) is 18.2 Å². The maximum absolute atomic E-state index is 5.85. The van der Waals surface area contributed by atoms with E-state index in [9.17, 15) is 0 Å². The van der Waals surface area contributed by atoms with Gasteiger partial charge < -0.3 is 15.5 Å². The average molecular weight is 271 g/mol. The molecule has 0 aliphatic heterocycles. The molecule has 80 valence electrons. The summed E-state index contributed by atoms with van der Waals surface area (Å²) in [6.45, 7) is 0.432. The second-order valence-corrected chi connectivity index (χ2v) is 4.12. The number of pyridine rings is 1. The van der Waals surface area contributed by atoms with Gasteiger partial charge >= 0.3 is 0 Å². The van der Waals surface area contributed by atoms with Crippen LogP contribution in [0.25, 0.3) is 11.2 Å². The predicted molar refractivity (Wildman–Crippen MR) is 60.4 cm³/mol. The Kier molecular flexibility index (Phi) is 2.99. The first-order valence-corrected chi connectivity index (χ1v) is 5.25. The van der Waals surface area contributed by atoms with Gasteiger partial charge in [0.15, 0.2) is 5.65 Å². The zero-order valence-electron chi connectivity index (χ0n) is 8.20. The number of nitrogens with one attached hydrogen (secondary N) is 1. The lowest BCUT2D eigenvalue weighted by atomic mass is 10.3. The fraction of sp³-hybridized carbons (Fsp3) is 0.333. The number of imidazole rings is 1. The Bertz CT molecular complexity index is 470. The van der Waals surface area contributed by atoms with Gasteiger partial charge in [0.1, 0.15) is 5.82 Å². The molecule has 1 atom stereocenters. The average Bonchev–Trinajstić information content (AvgIpc) is 2.60. The molecule has 2 heterocycles. The minimum Gasteiger partial charge on any atom is -0.383 e. The molecule has 2 rings (SSSR count). The Morgan fingerprint density at radius 3 is 3.20 bits per heavy atom. The Morgan fingerprint density at radius 2 is 2.47 bits per heavy atom. The van der Waals surface area contributed by atoms with Crippen LogP contribution in [0.15, 0.2) is 16.7 Å². The fourth-order valence-electron chi connectivity index (χ4n) is 1.33. The molecule has 0 amide bonds. The summed E-state index contributed by atoms with van der Waals surface area (Å²) in [5, 5.41) is 0. The number of ether oxygens (including phenoxy) is 1. The van der Waals surface area contributed by atoms with E-state index in [0.717, 1.165) is 9.99 Å². The summed E-state index contributed by atoms with van der Waals surface area (Å²) >= 11 is 3.34. The molecule has 6 heteroatoms. The number of nitrogens with zero attached hydrogens (tertiary/aromatic N) is 2. The Hall–Kier alpha value is -0.980. The van der Waals surface area contributed by atoms with E-state index < -0.39 is 0 Å². The van der Waals surface area contributed by atoms with Gasteiger partial charge in [0, 0.05) is 17.8 Å². The Morgan fingerprint density at radius 1 is 1.67 bits per heavy atom. The molecule has 15 heavy (non-hydrogen) atoms. The number of H-pyrrole nitrogens is 1. The lowest BCUT2D eigenvalue weighted by molar-refractivity contribution is 0.178. The number of hydrogen-bond acceptors (Lipinski definition) is 4. The number of rotatable bonds is 3. The zero-order valence-corrected chi connectivity index (χ0v) is 9.78. The van der Waals surface area contributed by atoms with Crippen LogP contribution < -0.4 is 5.73 Å². The Balaban J connectivity index is 2.38. The Labute approximate surface area is 95.2 Å². The lowest BCUT2D eigenvalue weighted by Crippen LogP contribution is -2.17. The molecule has 0 aliphatic carbocycles. The van der Waals surface area contributed by atoms with Crippen molar-refractivity contribution in [1.82, 2.24) is 15.0 Å². The largest absolute Gasteiger partial charge is 0.383 e. The predicted octanol–water partition coefficient (Wildman–Crippen LogP) is 1.37. The van der Waals surface area contributed by atoms with Crippen molar-refractivity contribution < 1.29 is 4.74 Å². The third-order valence-corrected chi connectivity index (χ3v) is 2.45. The fourth-order valence-corrected chi connectivity index (χ4v) is 1.66. The van der Waals surface area contributed by atoms with Gasteiger partial charge in [-0.1, -0.05) is 0 Å². The van der Waals surface area contributed by atoms with E-state index in [0.29, 0.717) is 18.1 Å². The second kappa shape index (κ2) is 4.26. The van der Waals surface area contributed by atoms with Crippen molar-refractivity contribution in [3.8, 4) is 0 Å². The van der Waals surface area contributed by atoms with E-state index in [1.807, 2.05) is 6.07 Å². The molecule has 1 unspecified atom stereocenters. The molecule has 0 radical (unpaired) electrons. The summed E-state index contributed by atoms with van der Waals surface area (Å²) < 4.78 is 5.87. The second-order valence-electron chi connectivity index (χ2n) is 3.21. The lowest BCUT2D eigenvalue weighted by Gasteiger charge is -2.05. The van der Waals surface area contributed by atoms with Crippen molar-refractivity contribution in [3.63, 3.8) is 0 Å². The number of methoxy groups -OCH3 is 1. The van der Waals surface area contributed by atoms with Crippen LogP contribution >= 0.6 is 15.9 Å². The molecule has 0 bridgehead atoms. The molecular weight excluding hydrogens is 260 g/mol. The topological polar surface area (TPSA) is 76.8 Å². The summed E-state index contributed by atoms with van der Waals surface area (Å²) in [7, 11) is 1.61. The van der Waals surface area contributed by atoms with Gasteiger partial charge in [-0.3, -0.25) is 0 Å². The maximum Gasteiger partial charge on any atom is 0.177 e. The molecular formula is C9H11BrN4O. The first kappa shape index (κ1) is 10.5. The van der Waals surface area contributed by atoms with Crippen molar-refractivity contribution in [2.45, 2.75) is 6.04 Å². The van der Waals surface area contributed by atoms with E-state index in [4.69, 9.17) is 10.5 Å². The SMILES string of the molecule is COCC(N)c1nc2ncc(Br)cc2[nH]1. The molecule has 2 aromatic heterocycles. The highest BCUT2D eigenvalue weighted by molar-refractivity contribution is 9.10. The van der Waals surface area contributed by atoms with E-state index in [-0.39, 0.29) is 6.04 Å². The molecule has 0 saturated heterocycles. The third-order valence-electron chi connectivity index (χ3n) is 2.02. The third kappa shape index (κ3) is 2.17. The van der Waals surface area contributed by atoms with E-state index in [1.54, 1.807) is 13.3 Å². The van der Waals surface area contributed by atoms with Gasteiger partial charge in [0.25, 0.3) is 0 Å². The number of halogens is 1. The van der Waals surface area contributed by atoms with Crippen LogP contribution in [0, 0.1) is 0 Å². The molecule has 3 N–H and O–H groups in total. The molecule has 0 spiro atoms. The van der Waals surface area contributed by atoms with E-state index >= 15 is 0 Å². The molecule has 0 aromatic carbocycles. The van der Waals surface area contributed by atoms with Crippen LogP contribution in [0.1, 0.15) is 11.9 Å². The smallest absolute Gasteiger partial charge is 0.177 e. The quantitative estimate of drug-likeness (QED) is 0.883. The van der Waals surface area contributed by atoms with Crippen molar-refractivity contribution in [1.29, 1.82) is 0 Å². The standard InChI is InChI=1S/C9H11BrN4O/c1-15-4-6(11)8-13-7-2-5(10)3-12-9(7)14-8/h2-3,6H,4,11H2,1H3,(H,12,13,14). The molecule has 5 nitrogen and oxygen atoms in total. The molecule has 0 fully saturated rings. The summed E-state index contributed by atoms with van der Waals surface area (Å²) in [6.07, 6.45) is 1.70. The van der Waals surface area contributed by atoms with Crippen LogP contribution in [-0.2, 0) is 4.74 Å². The summed E-state index contributed by atoms with van der Waals surface area (Å²) in [4.78, 5) is 11.6. The van der Waals surface area contributed by atoms with Crippen molar-refractivity contribution in [2.75, 3.05) is 13.7 Å². The van der Waals surface area contributed by atoms with Crippen LogP contribution in [0.4, 0.5) is 0 Å². The van der Waals surface area contributed by atoms with Gasteiger partial charge in [-0.25, -0.2) is 9.97 Å². The highest BCUT2D eigenvalue weighted by Gasteiger charge is 2.11. The van der Waals surface area contributed by atoms with E-state index in [2.05, 4.69) is 30.9 Å². The van der Waals surface area contributed by atoms with Gasteiger partial charge in [-0.15, -0.1) is 0 Å². The summed E-state index contributed by atoms with van der Waals surface area (Å²) in [5.74, 6) is 0.692. The van der Waals surface area contributed by atoms with Crippen LogP contribution in [0.5, 0.6) is 0 Å². The van der Waals surface area contributed by atoms with Crippen LogP contribution in [0.3, 0.4) is 0 Å².